The van der Waals surface area contributed by atoms with Gasteiger partial charge in [0.25, 0.3) is 5.91 Å². The van der Waals surface area contributed by atoms with Crippen LogP contribution in [0.25, 0.3) is 5.65 Å². The molecule has 0 spiro atoms. The number of aromatic carboxylic acids is 1. The topological polar surface area (TPSA) is 107 Å². The van der Waals surface area contributed by atoms with Gasteiger partial charge < -0.3 is 19.8 Å². The van der Waals surface area contributed by atoms with Crippen molar-refractivity contribution in [3.63, 3.8) is 0 Å². The normalized spacial score (nSPS) is 20.4. The monoisotopic (exact) mass is 549 g/mol. The fraction of sp³-hybridized carbons (Fsp3) is 0.323. The molecule has 10 heteroatoms. The van der Waals surface area contributed by atoms with Gasteiger partial charge in [0.2, 0.25) is 5.82 Å². The molecule has 10 nitrogen and oxygen atoms in total. The van der Waals surface area contributed by atoms with Crippen molar-refractivity contribution in [1.29, 1.82) is 0 Å². The van der Waals surface area contributed by atoms with Crippen LogP contribution in [0, 0.1) is 6.92 Å². The maximum absolute atomic E-state index is 13.5. The molecule has 1 atom stereocenters. The van der Waals surface area contributed by atoms with Gasteiger partial charge in [-0.05, 0) is 53.8 Å². The summed E-state index contributed by atoms with van der Waals surface area (Å²) in [5, 5.41) is 13.9. The highest BCUT2D eigenvalue weighted by molar-refractivity contribution is 5.92. The number of aromatic nitrogens is 4. The molecule has 0 aliphatic carbocycles. The molecule has 0 bridgehead atoms. The largest absolute Gasteiger partial charge is 0.477 e. The number of carboxylic acids is 1. The second-order valence-electron chi connectivity index (χ2n) is 11.6. The molecule has 3 aliphatic rings. The van der Waals surface area contributed by atoms with Gasteiger partial charge in [-0.2, -0.15) is 0 Å². The summed E-state index contributed by atoms with van der Waals surface area (Å²) >= 11 is 0. The number of benzene rings is 1. The smallest absolute Gasteiger partial charge is 0.354 e. The number of hydrogen-bond acceptors (Lipinski definition) is 7. The zero-order valence-electron chi connectivity index (χ0n) is 23.1. The number of carboxylic acid groups (broad SMARTS) is 1. The van der Waals surface area contributed by atoms with E-state index in [0.29, 0.717) is 37.6 Å². The molecule has 208 valence electrons. The number of carbonyl (C=O) groups excluding carboxylic acids is 1. The minimum absolute atomic E-state index is 0.0256. The van der Waals surface area contributed by atoms with Crippen LogP contribution < -0.4 is 9.80 Å². The Balaban J connectivity index is 1.05. The summed E-state index contributed by atoms with van der Waals surface area (Å²) in [6.07, 6.45) is 3.06. The summed E-state index contributed by atoms with van der Waals surface area (Å²) in [6, 6.07) is 17.8. The zero-order chi connectivity index (χ0) is 28.3. The Morgan fingerprint density at radius 2 is 1.68 bits per heavy atom. The van der Waals surface area contributed by atoms with Crippen molar-refractivity contribution >= 4 is 29.0 Å². The van der Waals surface area contributed by atoms with E-state index in [9.17, 15) is 14.7 Å². The van der Waals surface area contributed by atoms with Crippen LogP contribution in [0.5, 0.6) is 0 Å². The molecule has 0 saturated carbocycles. The molecular weight excluding hydrogens is 518 g/mol. The lowest BCUT2D eigenvalue weighted by atomic mass is 9.82. The van der Waals surface area contributed by atoms with Crippen molar-refractivity contribution in [2.75, 3.05) is 49.1 Å². The number of aryl methyl sites for hydroxylation is 1. The molecule has 0 unspecified atom stereocenters. The minimum Gasteiger partial charge on any atom is -0.477 e. The van der Waals surface area contributed by atoms with Crippen LogP contribution in [-0.4, -0.2) is 80.7 Å². The molecule has 3 aromatic heterocycles. The summed E-state index contributed by atoms with van der Waals surface area (Å²) in [5.74, 6) is -0.390. The average molecular weight is 550 g/mol. The van der Waals surface area contributed by atoms with Crippen molar-refractivity contribution in [3.8, 4) is 0 Å². The number of nitrogens with zero attached hydrogens (tertiary/aromatic N) is 7. The van der Waals surface area contributed by atoms with E-state index in [2.05, 4.69) is 63.3 Å². The van der Waals surface area contributed by atoms with Crippen LogP contribution in [0.4, 0.5) is 11.5 Å². The zero-order valence-corrected chi connectivity index (χ0v) is 23.1. The first-order valence-electron chi connectivity index (χ1n) is 13.9. The number of hydrogen-bond donors (Lipinski definition) is 1. The number of fused-ring (bicyclic) bond motifs is 1. The summed E-state index contributed by atoms with van der Waals surface area (Å²) in [7, 11) is 0. The van der Waals surface area contributed by atoms with E-state index in [1.807, 2.05) is 24.1 Å². The van der Waals surface area contributed by atoms with E-state index < -0.39 is 5.97 Å². The third-order valence-corrected chi connectivity index (χ3v) is 8.69. The molecular formula is C31H31N7O3. The number of rotatable bonds is 5. The Kier molecular flexibility index (Phi) is 5.81. The van der Waals surface area contributed by atoms with Crippen molar-refractivity contribution in [3.05, 3.63) is 94.6 Å². The van der Waals surface area contributed by atoms with E-state index in [1.54, 1.807) is 15.5 Å². The number of amides is 1. The van der Waals surface area contributed by atoms with Gasteiger partial charge in [-0.1, -0.05) is 43.3 Å². The molecule has 1 fully saturated rings. The highest BCUT2D eigenvalue weighted by Gasteiger charge is 2.37. The molecule has 1 aromatic carbocycles. The second kappa shape index (κ2) is 9.43. The Morgan fingerprint density at radius 1 is 0.927 bits per heavy atom. The van der Waals surface area contributed by atoms with Crippen LogP contribution in [0.15, 0.2) is 71.9 Å². The first kappa shape index (κ1) is 25.3. The van der Waals surface area contributed by atoms with Crippen LogP contribution in [0.1, 0.15) is 45.6 Å². The molecule has 1 saturated heterocycles. The van der Waals surface area contributed by atoms with Crippen molar-refractivity contribution in [2.24, 2.45) is 0 Å². The first-order valence-corrected chi connectivity index (χ1v) is 13.9. The standard InChI is InChI=1S/C31H31N7O3/c1-20-13-24(35-12-11-31(2,19-35)23-7-4-3-5-8-23)18-38-28(20)33-27(34-38)29(39)37-16-21-14-36(15-22(21)17-37)26-10-6-9-25(32-26)30(40)41/h3-10,13,18H,11-12,14-17,19H2,1-2H3,(H,40,41)/t31-/m0/s1. The van der Waals surface area contributed by atoms with E-state index in [4.69, 9.17) is 0 Å². The van der Waals surface area contributed by atoms with Gasteiger partial charge in [0.05, 0.1) is 11.9 Å². The molecule has 4 aromatic rings. The average Bonchev–Trinajstić information content (AvgIpc) is 3.76. The van der Waals surface area contributed by atoms with Gasteiger partial charge in [-0.3, -0.25) is 4.79 Å². The van der Waals surface area contributed by atoms with E-state index in [1.165, 1.54) is 22.8 Å². The highest BCUT2D eigenvalue weighted by Crippen LogP contribution is 2.37. The van der Waals surface area contributed by atoms with E-state index in [-0.39, 0.29) is 22.8 Å². The van der Waals surface area contributed by atoms with Gasteiger partial charge in [0, 0.05) is 44.7 Å². The van der Waals surface area contributed by atoms with Gasteiger partial charge in [0.1, 0.15) is 5.82 Å². The van der Waals surface area contributed by atoms with Crippen molar-refractivity contribution < 1.29 is 14.7 Å². The van der Waals surface area contributed by atoms with Crippen LogP contribution in [-0.2, 0) is 5.41 Å². The maximum atomic E-state index is 13.5. The molecule has 1 amide bonds. The van der Waals surface area contributed by atoms with Crippen LogP contribution in [0.3, 0.4) is 0 Å². The Bertz CT molecular complexity index is 1710. The minimum atomic E-state index is -1.04. The highest BCUT2D eigenvalue weighted by atomic mass is 16.4. The Morgan fingerprint density at radius 3 is 2.41 bits per heavy atom. The molecule has 3 aliphatic heterocycles. The number of carbonyl (C=O) groups is 2. The van der Waals surface area contributed by atoms with Crippen molar-refractivity contribution in [1.82, 2.24) is 24.5 Å². The lowest BCUT2D eigenvalue weighted by Crippen LogP contribution is -2.35. The molecule has 6 heterocycles. The summed E-state index contributed by atoms with van der Waals surface area (Å²) in [5.41, 5.74) is 6.55. The first-order chi connectivity index (χ1) is 19.8. The third kappa shape index (κ3) is 4.39. The van der Waals surface area contributed by atoms with Gasteiger partial charge in [-0.15, -0.1) is 5.10 Å². The quantitative estimate of drug-likeness (QED) is 0.377. The Hall–Kier alpha value is -4.73. The summed E-state index contributed by atoms with van der Waals surface area (Å²) in [4.78, 5) is 39.9. The summed E-state index contributed by atoms with van der Waals surface area (Å²) < 4.78 is 1.75. The van der Waals surface area contributed by atoms with E-state index >= 15 is 0 Å². The predicted molar refractivity (Wildman–Crippen MR) is 155 cm³/mol. The molecule has 41 heavy (non-hydrogen) atoms. The summed E-state index contributed by atoms with van der Waals surface area (Å²) in [6.45, 7) is 8.47. The fourth-order valence-electron chi connectivity index (χ4n) is 6.40. The lowest BCUT2D eigenvalue weighted by Gasteiger charge is -2.26. The third-order valence-electron chi connectivity index (χ3n) is 8.69. The van der Waals surface area contributed by atoms with Crippen molar-refractivity contribution in [2.45, 2.75) is 25.7 Å². The van der Waals surface area contributed by atoms with E-state index in [0.717, 1.165) is 30.8 Å². The lowest BCUT2D eigenvalue weighted by molar-refractivity contribution is 0.0689. The van der Waals surface area contributed by atoms with Crippen LogP contribution >= 0.6 is 0 Å². The second-order valence-corrected chi connectivity index (χ2v) is 11.6. The maximum Gasteiger partial charge on any atom is 0.354 e. The van der Waals surface area contributed by atoms with Gasteiger partial charge in [0.15, 0.2) is 11.3 Å². The predicted octanol–water partition coefficient (Wildman–Crippen LogP) is 3.57. The molecule has 0 radical (unpaired) electrons. The molecule has 7 rings (SSSR count). The number of anilines is 2. The van der Waals surface area contributed by atoms with Gasteiger partial charge >= 0.3 is 5.97 Å². The van der Waals surface area contributed by atoms with Crippen LogP contribution in [0.2, 0.25) is 0 Å². The fourth-order valence-corrected chi connectivity index (χ4v) is 6.40. The Labute approximate surface area is 237 Å². The number of pyridine rings is 2. The SMILES string of the molecule is Cc1cc(N2CC[C@](C)(c3ccccc3)C2)cn2nc(C(=O)N3CC4=C(C3)CN(c3cccc(C(=O)O)n3)C4)nc12. The van der Waals surface area contributed by atoms with Gasteiger partial charge in [-0.25, -0.2) is 19.3 Å². The molecule has 1 N–H and O–H groups in total.